The number of nitrogens with zero attached hydrogens (tertiary/aromatic N) is 2. The Balaban J connectivity index is 2.36. The van der Waals surface area contributed by atoms with Crippen molar-refractivity contribution in [3.8, 4) is 12.1 Å². The van der Waals surface area contributed by atoms with Crippen LogP contribution < -0.4 is 0 Å². The fraction of sp³-hybridized carbons (Fsp3) is 0.118. The minimum absolute atomic E-state index is 0.0872. The number of ketones is 1. The largest absolute Gasteiger partial charge is 0.289 e. The first kappa shape index (κ1) is 13.5. The summed E-state index contributed by atoms with van der Waals surface area (Å²) in [6.07, 6.45) is 0.266. The molecule has 20 heavy (non-hydrogen) atoms. The van der Waals surface area contributed by atoms with Gasteiger partial charge in [-0.05, 0) is 5.56 Å². The van der Waals surface area contributed by atoms with Crippen molar-refractivity contribution in [2.45, 2.75) is 6.42 Å². The lowest BCUT2D eigenvalue weighted by Gasteiger charge is -2.08. The van der Waals surface area contributed by atoms with Crippen molar-refractivity contribution < 1.29 is 4.79 Å². The number of benzene rings is 2. The molecule has 0 N–H and O–H groups in total. The number of hydrogen-bond acceptors (Lipinski definition) is 3. The van der Waals surface area contributed by atoms with Gasteiger partial charge in [0.05, 0.1) is 12.1 Å². The van der Waals surface area contributed by atoms with Gasteiger partial charge in [-0.1, -0.05) is 54.6 Å². The summed E-state index contributed by atoms with van der Waals surface area (Å²) in [6.45, 7) is 0. The first-order valence-electron chi connectivity index (χ1n) is 6.23. The van der Waals surface area contributed by atoms with E-state index in [0.717, 1.165) is 5.56 Å². The number of rotatable bonds is 4. The predicted octanol–water partition coefficient (Wildman–Crippen LogP) is 3.12. The maximum Gasteiger partial charge on any atom is 0.193 e. The van der Waals surface area contributed by atoms with Crippen LogP contribution in [0.3, 0.4) is 0 Å². The molecule has 3 heteroatoms. The Hall–Kier alpha value is -2.91. The molecule has 0 saturated carbocycles. The van der Waals surface area contributed by atoms with Gasteiger partial charge in [0.15, 0.2) is 5.78 Å². The molecule has 0 aromatic heterocycles. The van der Waals surface area contributed by atoms with E-state index >= 15 is 0 Å². The third-order valence-electron chi connectivity index (χ3n) is 3.03. The molecule has 0 saturated heterocycles. The molecule has 2 aromatic rings. The second-order valence-electron chi connectivity index (χ2n) is 4.37. The second kappa shape index (κ2) is 6.31. The monoisotopic (exact) mass is 260 g/mol. The molecule has 0 unspecified atom stereocenters. The van der Waals surface area contributed by atoms with Crippen LogP contribution in [0.25, 0.3) is 0 Å². The molecule has 0 fully saturated rings. The Morgan fingerprint density at radius 2 is 1.55 bits per heavy atom. The highest BCUT2D eigenvalue weighted by Gasteiger charge is 2.16. The summed E-state index contributed by atoms with van der Waals surface area (Å²) < 4.78 is 0. The van der Waals surface area contributed by atoms with Crippen LogP contribution in [-0.2, 0) is 6.42 Å². The minimum atomic E-state index is -0.736. The Bertz CT molecular complexity index is 679. The van der Waals surface area contributed by atoms with Gasteiger partial charge in [-0.3, -0.25) is 4.79 Å². The smallest absolute Gasteiger partial charge is 0.193 e. The van der Waals surface area contributed by atoms with Crippen molar-refractivity contribution in [2.24, 2.45) is 5.92 Å². The summed E-state index contributed by atoms with van der Waals surface area (Å²) in [5, 5.41) is 17.8. The third-order valence-corrected chi connectivity index (χ3v) is 3.03. The van der Waals surface area contributed by atoms with Gasteiger partial charge in [0.2, 0.25) is 0 Å². The summed E-state index contributed by atoms with van der Waals surface area (Å²) in [5.41, 5.74) is 1.88. The van der Waals surface area contributed by atoms with E-state index in [1.807, 2.05) is 36.4 Å². The first-order chi connectivity index (χ1) is 9.76. The highest BCUT2D eigenvalue weighted by atomic mass is 16.1. The van der Waals surface area contributed by atoms with Gasteiger partial charge in [-0.25, -0.2) is 0 Å². The highest BCUT2D eigenvalue weighted by molar-refractivity contribution is 6.09. The standard InChI is InChI=1S/C17H12N2O/c18-11-13(12-19)10-15-8-4-5-9-16(15)17(20)14-6-2-1-3-7-14/h1-9,13H,10H2. The molecule has 0 aliphatic carbocycles. The zero-order chi connectivity index (χ0) is 14.4. The van der Waals surface area contributed by atoms with E-state index in [1.165, 1.54) is 0 Å². The molecular weight excluding hydrogens is 248 g/mol. The Labute approximate surface area is 117 Å². The molecule has 0 atom stereocenters. The van der Waals surface area contributed by atoms with Gasteiger partial charge in [0.25, 0.3) is 0 Å². The summed E-state index contributed by atoms with van der Waals surface area (Å²) in [7, 11) is 0. The van der Waals surface area contributed by atoms with Gasteiger partial charge in [0.1, 0.15) is 5.92 Å². The second-order valence-corrected chi connectivity index (χ2v) is 4.37. The van der Waals surface area contributed by atoms with Gasteiger partial charge in [0, 0.05) is 17.5 Å². The third kappa shape index (κ3) is 2.91. The molecule has 0 heterocycles. The maximum atomic E-state index is 12.5. The van der Waals surface area contributed by atoms with Crippen LogP contribution in [-0.4, -0.2) is 5.78 Å². The maximum absolute atomic E-state index is 12.5. The van der Waals surface area contributed by atoms with Crippen LogP contribution in [0.15, 0.2) is 54.6 Å². The summed E-state index contributed by atoms with van der Waals surface area (Å²) in [4.78, 5) is 12.5. The van der Waals surface area contributed by atoms with E-state index in [0.29, 0.717) is 11.1 Å². The van der Waals surface area contributed by atoms with Crippen LogP contribution in [0.5, 0.6) is 0 Å². The van der Waals surface area contributed by atoms with Crippen molar-refractivity contribution in [1.82, 2.24) is 0 Å². The molecule has 0 spiro atoms. The SMILES string of the molecule is N#CC(C#N)Cc1ccccc1C(=O)c1ccccc1. The van der Waals surface area contributed by atoms with E-state index in [9.17, 15) is 4.79 Å². The summed E-state index contributed by atoms with van der Waals surface area (Å²) in [6, 6.07) is 20.0. The van der Waals surface area contributed by atoms with Crippen LogP contribution in [0, 0.1) is 28.6 Å². The number of carbonyl (C=O) groups excluding carboxylic acids is 1. The lowest BCUT2D eigenvalue weighted by atomic mass is 9.93. The van der Waals surface area contributed by atoms with E-state index in [2.05, 4.69) is 0 Å². The average molecular weight is 260 g/mol. The average Bonchev–Trinajstić information content (AvgIpc) is 2.53. The van der Waals surface area contributed by atoms with E-state index in [-0.39, 0.29) is 12.2 Å². The zero-order valence-corrected chi connectivity index (χ0v) is 10.8. The summed E-state index contributed by atoms with van der Waals surface area (Å²) >= 11 is 0. The molecule has 0 aliphatic heterocycles. The van der Waals surface area contributed by atoms with Gasteiger partial charge in [-0.15, -0.1) is 0 Å². The Kier molecular flexibility index (Phi) is 4.27. The Morgan fingerprint density at radius 1 is 0.950 bits per heavy atom. The van der Waals surface area contributed by atoms with E-state index in [4.69, 9.17) is 10.5 Å². The van der Waals surface area contributed by atoms with Crippen molar-refractivity contribution in [2.75, 3.05) is 0 Å². The molecular formula is C17H12N2O. The Morgan fingerprint density at radius 3 is 2.20 bits per heavy atom. The molecule has 2 aromatic carbocycles. The highest BCUT2D eigenvalue weighted by Crippen LogP contribution is 2.17. The van der Waals surface area contributed by atoms with Crippen molar-refractivity contribution >= 4 is 5.78 Å². The molecule has 0 radical (unpaired) electrons. The zero-order valence-electron chi connectivity index (χ0n) is 10.8. The van der Waals surface area contributed by atoms with Gasteiger partial charge in [-0.2, -0.15) is 10.5 Å². The van der Waals surface area contributed by atoms with Crippen molar-refractivity contribution in [3.63, 3.8) is 0 Å². The van der Waals surface area contributed by atoms with Gasteiger partial charge >= 0.3 is 0 Å². The lowest BCUT2D eigenvalue weighted by molar-refractivity contribution is 0.103. The normalized spacial score (nSPS) is 9.75. The number of hydrogen-bond donors (Lipinski definition) is 0. The fourth-order valence-corrected chi connectivity index (χ4v) is 2.00. The predicted molar refractivity (Wildman–Crippen MR) is 74.7 cm³/mol. The van der Waals surface area contributed by atoms with Crippen molar-refractivity contribution in [3.05, 3.63) is 71.3 Å². The molecule has 3 nitrogen and oxygen atoms in total. The van der Waals surface area contributed by atoms with E-state index < -0.39 is 5.92 Å². The van der Waals surface area contributed by atoms with Crippen LogP contribution in [0.2, 0.25) is 0 Å². The molecule has 96 valence electrons. The minimum Gasteiger partial charge on any atom is -0.289 e. The molecule has 2 rings (SSSR count). The molecule has 0 amide bonds. The van der Waals surface area contributed by atoms with Crippen molar-refractivity contribution in [1.29, 1.82) is 10.5 Å². The topological polar surface area (TPSA) is 64.7 Å². The lowest BCUT2D eigenvalue weighted by Crippen LogP contribution is -2.08. The van der Waals surface area contributed by atoms with Crippen LogP contribution in [0.1, 0.15) is 21.5 Å². The first-order valence-corrected chi connectivity index (χ1v) is 6.23. The molecule has 0 aliphatic rings. The summed E-state index contributed by atoms with van der Waals surface area (Å²) in [5.74, 6) is -0.824. The quantitative estimate of drug-likeness (QED) is 0.793. The molecule has 0 bridgehead atoms. The van der Waals surface area contributed by atoms with Gasteiger partial charge < -0.3 is 0 Å². The number of nitriles is 2. The van der Waals surface area contributed by atoms with E-state index in [1.54, 1.807) is 30.3 Å². The number of carbonyl (C=O) groups is 1. The fourth-order valence-electron chi connectivity index (χ4n) is 2.00. The van der Waals surface area contributed by atoms with Crippen LogP contribution in [0.4, 0.5) is 0 Å². The van der Waals surface area contributed by atoms with Crippen LogP contribution >= 0.6 is 0 Å².